The Morgan fingerprint density at radius 2 is 2.12 bits per heavy atom. The lowest BCUT2D eigenvalue weighted by Gasteiger charge is -2.04. The first-order valence-corrected chi connectivity index (χ1v) is 5.69. The summed E-state index contributed by atoms with van der Waals surface area (Å²) in [6, 6.07) is 8.16. The van der Waals surface area contributed by atoms with Crippen molar-refractivity contribution in [3.8, 4) is 0 Å². The van der Waals surface area contributed by atoms with Gasteiger partial charge in [-0.05, 0) is 30.9 Å². The van der Waals surface area contributed by atoms with Crippen LogP contribution in [-0.2, 0) is 22.5 Å². The van der Waals surface area contributed by atoms with E-state index in [1.54, 1.807) is 0 Å². The molecule has 0 radical (unpaired) electrons. The Hall–Kier alpha value is -1.35. The quantitative estimate of drug-likeness (QED) is 0.748. The number of carbonyl (C=O) groups excluding carboxylic acids is 1. The Labute approximate surface area is 96.6 Å². The normalized spacial score (nSPS) is 10.1. The number of ether oxygens (including phenoxy) is 1. The molecule has 0 spiro atoms. The number of hydrogen-bond donors (Lipinski definition) is 1. The van der Waals surface area contributed by atoms with Gasteiger partial charge in [-0.1, -0.05) is 24.3 Å². The van der Waals surface area contributed by atoms with Crippen LogP contribution in [0.2, 0.25) is 0 Å². The summed E-state index contributed by atoms with van der Waals surface area (Å²) in [6.45, 7) is 2.84. The molecule has 1 aromatic carbocycles. The number of aryl methyl sites for hydroxylation is 1. The maximum absolute atomic E-state index is 11.1. The lowest BCUT2D eigenvalue weighted by atomic mass is 10.1. The third-order valence-electron chi connectivity index (χ3n) is 2.38. The monoisotopic (exact) mass is 221 g/mol. The minimum atomic E-state index is -0.113. The molecule has 1 rings (SSSR count). The molecule has 0 aliphatic heterocycles. The molecule has 0 saturated carbocycles. The Bertz CT molecular complexity index is 336. The molecule has 0 aromatic heterocycles. The van der Waals surface area contributed by atoms with Gasteiger partial charge in [0, 0.05) is 13.0 Å². The van der Waals surface area contributed by atoms with E-state index < -0.39 is 0 Å². The largest absolute Gasteiger partial charge is 0.466 e. The standard InChI is InChI=1S/C13H19NO2/c1-2-16-13(15)8-4-6-11-5-3-7-12(9-11)10-14/h3,5,7,9H,2,4,6,8,10,14H2,1H3. The summed E-state index contributed by atoms with van der Waals surface area (Å²) < 4.78 is 4.87. The Kier molecular flexibility index (Phi) is 5.57. The van der Waals surface area contributed by atoms with Gasteiger partial charge in [0.15, 0.2) is 0 Å². The number of hydrogen-bond acceptors (Lipinski definition) is 3. The average Bonchev–Trinajstić information content (AvgIpc) is 2.30. The summed E-state index contributed by atoms with van der Waals surface area (Å²) in [5.41, 5.74) is 7.92. The smallest absolute Gasteiger partial charge is 0.305 e. The van der Waals surface area contributed by atoms with Gasteiger partial charge in [0.2, 0.25) is 0 Å². The zero-order chi connectivity index (χ0) is 11.8. The van der Waals surface area contributed by atoms with Crippen molar-refractivity contribution in [3.63, 3.8) is 0 Å². The first kappa shape index (κ1) is 12.7. The molecular weight excluding hydrogens is 202 g/mol. The molecule has 0 heterocycles. The van der Waals surface area contributed by atoms with Crippen LogP contribution in [0.15, 0.2) is 24.3 Å². The molecule has 0 atom stereocenters. The van der Waals surface area contributed by atoms with Gasteiger partial charge in [0.25, 0.3) is 0 Å². The lowest BCUT2D eigenvalue weighted by molar-refractivity contribution is -0.143. The SMILES string of the molecule is CCOC(=O)CCCc1cccc(CN)c1. The maximum Gasteiger partial charge on any atom is 0.305 e. The number of esters is 1. The highest BCUT2D eigenvalue weighted by molar-refractivity contribution is 5.69. The van der Waals surface area contributed by atoms with Crippen LogP contribution in [0, 0.1) is 0 Å². The molecule has 0 saturated heterocycles. The molecule has 0 fully saturated rings. The maximum atomic E-state index is 11.1. The molecule has 3 heteroatoms. The van der Waals surface area contributed by atoms with Crippen LogP contribution in [0.4, 0.5) is 0 Å². The summed E-state index contributed by atoms with van der Waals surface area (Å²) in [7, 11) is 0. The van der Waals surface area contributed by atoms with E-state index in [0.717, 1.165) is 18.4 Å². The molecule has 0 aliphatic carbocycles. The van der Waals surface area contributed by atoms with E-state index in [-0.39, 0.29) is 5.97 Å². The van der Waals surface area contributed by atoms with Crippen molar-refractivity contribution in [2.24, 2.45) is 5.73 Å². The van der Waals surface area contributed by atoms with Crippen molar-refractivity contribution < 1.29 is 9.53 Å². The number of nitrogens with two attached hydrogens (primary N) is 1. The van der Waals surface area contributed by atoms with Gasteiger partial charge < -0.3 is 10.5 Å². The highest BCUT2D eigenvalue weighted by Crippen LogP contribution is 2.08. The predicted molar refractivity (Wildman–Crippen MR) is 63.9 cm³/mol. The number of rotatable bonds is 6. The van der Waals surface area contributed by atoms with Crippen molar-refractivity contribution in [1.82, 2.24) is 0 Å². The van der Waals surface area contributed by atoms with E-state index in [2.05, 4.69) is 12.1 Å². The Morgan fingerprint density at radius 3 is 2.81 bits per heavy atom. The molecule has 1 aromatic rings. The third kappa shape index (κ3) is 4.45. The van der Waals surface area contributed by atoms with E-state index in [1.165, 1.54) is 5.56 Å². The summed E-state index contributed by atoms with van der Waals surface area (Å²) in [5, 5.41) is 0. The van der Waals surface area contributed by atoms with Gasteiger partial charge in [-0.15, -0.1) is 0 Å². The fourth-order valence-corrected chi connectivity index (χ4v) is 1.58. The fourth-order valence-electron chi connectivity index (χ4n) is 1.58. The van der Waals surface area contributed by atoms with Gasteiger partial charge in [0.05, 0.1) is 6.61 Å². The topological polar surface area (TPSA) is 52.3 Å². The third-order valence-corrected chi connectivity index (χ3v) is 2.38. The summed E-state index contributed by atoms with van der Waals surface area (Å²) in [5.74, 6) is -0.113. The molecule has 0 bridgehead atoms. The van der Waals surface area contributed by atoms with Crippen LogP contribution in [0.1, 0.15) is 30.9 Å². The summed E-state index contributed by atoms with van der Waals surface area (Å²) in [6.07, 6.45) is 2.21. The van der Waals surface area contributed by atoms with Crippen LogP contribution in [0.5, 0.6) is 0 Å². The van der Waals surface area contributed by atoms with Crippen molar-refractivity contribution in [2.45, 2.75) is 32.7 Å². The fraction of sp³-hybridized carbons (Fsp3) is 0.462. The van der Waals surface area contributed by atoms with Gasteiger partial charge in [0.1, 0.15) is 0 Å². The molecule has 88 valence electrons. The molecule has 0 aliphatic rings. The summed E-state index contributed by atoms with van der Waals surface area (Å²) in [4.78, 5) is 11.1. The average molecular weight is 221 g/mol. The van der Waals surface area contributed by atoms with Gasteiger partial charge in [-0.3, -0.25) is 4.79 Å². The van der Waals surface area contributed by atoms with Crippen LogP contribution < -0.4 is 5.73 Å². The van der Waals surface area contributed by atoms with E-state index in [4.69, 9.17) is 10.5 Å². The van der Waals surface area contributed by atoms with Crippen molar-refractivity contribution in [2.75, 3.05) is 6.61 Å². The van der Waals surface area contributed by atoms with Crippen molar-refractivity contribution in [3.05, 3.63) is 35.4 Å². The van der Waals surface area contributed by atoms with Gasteiger partial charge >= 0.3 is 5.97 Å². The van der Waals surface area contributed by atoms with Crippen LogP contribution >= 0.6 is 0 Å². The highest BCUT2D eigenvalue weighted by Gasteiger charge is 2.01. The van der Waals surface area contributed by atoms with E-state index in [0.29, 0.717) is 19.6 Å². The van der Waals surface area contributed by atoms with Crippen LogP contribution in [-0.4, -0.2) is 12.6 Å². The predicted octanol–water partition coefficient (Wildman–Crippen LogP) is 2.03. The van der Waals surface area contributed by atoms with Gasteiger partial charge in [-0.25, -0.2) is 0 Å². The van der Waals surface area contributed by atoms with Crippen molar-refractivity contribution in [1.29, 1.82) is 0 Å². The molecule has 0 unspecified atom stereocenters. The molecule has 2 N–H and O–H groups in total. The second-order valence-corrected chi connectivity index (χ2v) is 3.68. The van der Waals surface area contributed by atoms with Crippen LogP contribution in [0.25, 0.3) is 0 Å². The van der Waals surface area contributed by atoms with E-state index in [9.17, 15) is 4.79 Å². The molecule has 3 nitrogen and oxygen atoms in total. The minimum absolute atomic E-state index is 0.113. The zero-order valence-electron chi connectivity index (χ0n) is 9.74. The first-order valence-electron chi connectivity index (χ1n) is 5.69. The van der Waals surface area contributed by atoms with E-state index >= 15 is 0 Å². The highest BCUT2D eigenvalue weighted by atomic mass is 16.5. The number of carbonyl (C=O) groups is 1. The molecule has 16 heavy (non-hydrogen) atoms. The van der Waals surface area contributed by atoms with Gasteiger partial charge in [-0.2, -0.15) is 0 Å². The second kappa shape index (κ2) is 7.01. The molecular formula is C13H19NO2. The molecule has 0 amide bonds. The lowest BCUT2D eigenvalue weighted by Crippen LogP contribution is -2.04. The Balaban J connectivity index is 2.34. The minimum Gasteiger partial charge on any atom is -0.466 e. The zero-order valence-corrected chi connectivity index (χ0v) is 9.74. The first-order chi connectivity index (χ1) is 7.76. The Morgan fingerprint density at radius 1 is 1.38 bits per heavy atom. The number of benzene rings is 1. The summed E-state index contributed by atoms with van der Waals surface area (Å²) >= 11 is 0. The van der Waals surface area contributed by atoms with Crippen LogP contribution in [0.3, 0.4) is 0 Å². The second-order valence-electron chi connectivity index (χ2n) is 3.68. The van der Waals surface area contributed by atoms with E-state index in [1.807, 2.05) is 19.1 Å². The van der Waals surface area contributed by atoms with Crippen molar-refractivity contribution >= 4 is 5.97 Å².